The molecule has 18 heavy (non-hydrogen) atoms. The fourth-order valence-corrected chi connectivity index (χ4v) is 2.03. The van der Waals surface area contributed by atoms with Crippen LogP contribution in [0.15, 0.2) is 31.0 Å². The highest BCUT2D eigenvalue weighted by atomic mass is 19.2. The van der Waals surface area contributed by atoms with Crippen molar-refractivity contribution in [2.24, 2.45) is 0 Å². The lowest BCUT2D eigenvalue weighted by Crippen LogP contribution is -2.20. The number of nitrogens with one attached hydrogen (secondary N) is 1. The number of rotatable bonds is 5. The van der Waals surface area contributed by atoms with Gasteiger partial charge in [0.15, 0.2) is 11.6 Å². The molecule has 0 aliphatic carbocycles. The lowest BCUT2D eigenvalue weighted by atomic mass is 10.1. The molecule has 1 heterocycles. The number of aromatic nitrogens is 1. The van der Waals surface area contributed by atoms with Crippen LogP contribution in [0.25, 0.3) is 10.9 Å². The van der Waals surface area contributed by atoms with E-state index in [0.29, 0.717) is 0 Å². The van der Waals surface area contributed by atoms with Gasteiger partial charge in [0, 0.05) is 24.7 Å². The third-order valence-corrected chi connectivity index (χ3v) is 3.04. The number of likely N-dealkylation sites (N-methyl/N-ethyl adjacent to an activating group) is 1. The van der Waals surface area contributed by atoms with Crippen molar-refractivity contribution in [1.82, 2.24) is 9.88 Å². The van der Waals surface area contributed by atoms with Gasteiger partial charge in [-0.25, -0.2) is 8.78 Å². The molecule has 0 atom stereocenters. The Hall–Kier alpha value is -1.68. The maximum absolute atomic E-state index is 13.5. The van der Waals surface area contributed by atoms with Gasteiger partial charge in [-0.15, -0.1) is 6.58 Å². The Morgan fingerprint density at radius 1 is 1.39 bits per heavy atom. The summed E-state index contributed by atoms with van der Waals surface area (Å²) in [4.78, 5) is 4.92. The summed E-state index contributed by atoms with van der Waals surface area (Å²) < 4.78 is 26.6. The molecule has 0 fully saturated rings. The molecule has 0 saturated heterocycles. The van der Waals surface area contributed by atoms with E-state index in [4.69, 9.17) is 0 Å². The minimum absolute atomic E-state index is 0.247. The van der Waals surface area contributed by atoms with E-state index in [1.165, 1.54) is 6.07 Å². The summed E-state index contributed by atoms with van der Waals surface area (Å²) in [7, 11) is 2.00. The maximum Gasteiger partial charge on any atom is 0.182 e. The second-order valence-electron chi connectivity index (χ2n) is 4.40. The first-order chi connectivity index (χ1) is 8.63. The van der Waals surface area contributed by atoms with Gasteiger partial charge in [-0.05, 0) is 31.2 Å². The summed E-state index contributed by atoms with van der Waals surface area (Å²) >= 11 is 0. The Bertz CT molecular complexity index is 560. The number of fused-ring (bicyclic) bond motifs is 1. The topological polar surface area (TPSA) is 19.0 Å². The van der Waals surface area contributed by atoms with E-state index in [2.05, 4.69) is 16.5 Å². The molecule has 1 aromatic carbocycles. The monoisotopic (exact) mass is 250 g/mol. The Morgan fingerprint density at radius 3 is 2.89 bits per heavy atom. The number of hydrogen-bond acceptors (Lipinski definition) is 1. The molecule has 0 amide bonds. The molecule has 2 nitrogen and oxygen atoms in total. The first kappa shape index (κ1) is 12.8. The van der Waals surface area contributed by atoms with Crippen LogP contribution in [0.5, 0.6) is 0 Å². The number of nitrogens with zero attached hydrogens (tertiary/aromatic N) is 1. The molecular weight excluding hydrogens is 234 g/mol. The van der Waals surface area contributed by atoms with Gasteiger partial charge in [-0.3, -0.25) is 0 Å². The predicted molar refractivity (Wildman–Crippen MR) is 69.6 cm³/mol. The number of halogens is 2. The Labute approximate surface area is 105 Å². The molecule has 96 valence electrons. The second kappa shape index (κ2) is 5.31. The molecule has 0 radical (unpaired) electrons. The van der Waals surface area contributed by atoms with E-state index in [1.54, 1.807) is 12.3 Å². The van der Waals surface area contributed by atoms with Gasteiger partial charge < -0.3 is 9.88 Å². The number of H-pyrrole nitrogens is 1. The van der Waals surface area contributed by atoms with Gasteiger partial charge in [0.1, 0.15) is 0 Å². The van der Waals surface area contributed by atoms with Crippen molar-refractivity contribution in [2.75, 3.05) is 20.1 Å². The molecule has 0 saturated carbocycles. The van der Waals surface area contributed by atoms with Gasteiger partial charge in [0.05, 0.1) is 5.52 Å². The molecule has 2 aromatic rings. The zero-order valence-electron chi connectivity index (χ0n) is 10.3. The van der Waals surface area contributed by atoms with Crippen LogP contribution in [-0.2, 0) is 6.42 Å². The zero-order valence-corrected chi connectivity index (χ0v) is 10.3. The van der Waals surface area contributed by atoms with Crippen molar-refractivity contribution in [3.05, 3.63) is 48.2 Å². The van der Waals surface area contributed by atoms with Gasteiger partial charge in [-0.1, -0.05) is 6.08 Å². The van der Waals surface area contributed by atoms with E-state index in [0.717, 1.165) is 30.5 Å². The summed E-state index contributed by atoms with van der Waals surface area (Å²) in [6.45, 7) is 5.33. The van der Waals surface area contributed by atoms with Crippen molar-refractivity contribution >= 4 is 10.9 Å². The highest BCUT2D eigenvalue weighted by molar-refractivity contribution is 5.83. The third kappa shape index (κ3) is 2.43. The lowest BCUT2D eigenvalue weighted by molar-refractivity contribution is 0.376. The largest absolute Gasteiger partial charge is 0.358 e. The van der Waals surface area contributed by atoms with E-state index in [-0.39, 0.29) is 5.52 Å². The minimum Gasteiger partial charge on any atom is -0.358 e. The van der Waals surface area contributed by atoms with Crippen LogP contribution >= 0.6 is 0 Å². The van der Waals surface area contributed by atoms with Gasteiger partial charge >= 0.3 is 0 Å². The molecule has 2 rings (SSSR count). The minimum atomic E-state index is -0.820. The predicted octanol–water partition coefficient (Wildman–Crippen LogP) is 3.11. The Balaban J connectivity index is 2.20. The summed E-state index contributed by atoms with van der Waals surface area (Å²) in [5, 5.41) is 0.751. The highest BCUT2D eigenvalue weighted by Crippen LogP contribution is 2.23. The number of benzene rings is 1. The van der Waals surface area contributed by atoms with Crippen molar-refractivity contribution in [3.63, 3.8) is 0 Å². The second-order valence-corrected chi connectivity index (χ2v) is 4.40. The summed E-state index contributed by atoms with van der Waals surface area (Å²) in [5.41, 5.74) is 1.25. The van der Waals surface area contributed by atoms with Crippen LogP contribution in [0.1, 0.15) is 5.56 Å². The molecule has 0 aliphatic rings. The number of aromatic amines is 1. The van der Waals surface area contributed by atoms with Crippen LogP contribution in [0.4, 0.5) is 8.78 Å². The average Bonchev–Trinajstić information content (AvgIpc) is 2.75. The van der Waals surface area contributed by atoms with Crippen molar-refractivity contribution in [3.8, 4) is 0 Å². The fraction of sp³-hybridized carbons (Fsp3) is 0.286. The smallest absolute Gasteiger partial charge is 0.182 e. The third-order valence-electron chi connectivity index (χ3n) is 3.04. The molecule has 1 aromatic heterocycles. The zero-order chi connectivity index (χ0) is 13.1. The van der Waals surface area contributed by atoms with Crippen LogP contribution in [0.2, 0.25) is 0 Å². The molecule has 0 aliphatic heterocycles. The van der Waals surface area contributed by atoms with Crippen molar-refractivity contribution in [1.29, 1.82) is 0 Å². The SMILES string of the molecule is C=CCN(C)CCc1c[nH]c2c(F)c(F)ccc12. The van der Waals surface area contributed by atoms with Crippen LogP contribution in [0, 0.1) is 11.6 Å². The van der Waals surface area contributed by atoms with E-state index in [9.17, 15) is 8.78 Å². The lowest BCUT2D eigenvalue weighted by Gasteiger charge is -2.13. The van der Waals surface area contributed by atoms with Crippen LogP contribution in [-0.4, -0.2) is 30.0 Å². The summed E-state index contributed by atoms with van der Waals surface area (Å²) in [6, 6.07) is 2.79. The number of hydrogen-bond donors (Lipinski definition) is 1. The normalized spacial score (nSPS) is 11.3. The van der Waals surface area contributed by atoms with Crippen molar-refractivity contribution in [2.45, 2.75) is 6.42 Å². The van der Waals surface area contributed by atoms with E-state index < -0.39 is 11.6 Å². The highest BCUT2D eigenvalue weighted by Gasteiger charge is 2.11. The van der Waals surface area contributed by atoms with Crippen LogP contribution in [0.3, 0.4) is 0 Å². The Morgan fingerprint density at radius 2 is 2.17 bits per heavy atom. The molecule has 4 heteroatoms. The first-order valence-corrected chi connectivity index (χ1v) is 5.87. The maximum atomic E-state index is 13.5. The van der Waals surface area contributed by atoms with E-state index in [1.807, 2.05) is 13.1 Å². The van der Waals surface area contributed by atoms with Gasteiger partial charge in [-0.2, -0.15) is 0 Å². The van der Waals surface area contributed by atoms with Gasteiger partial charge in [0.2, 0.25) is 0 Å². The molecule has 0 spiro atoms. The quantitative estimate of drug-likeness (QED) is 0.808. The first-order valence-electron chi connectivity index (χ1n) is 5.87. The summed E-state index contributed by atoms with van der Waals surface area (Å²) in [5.74, 6) is -1.63. The molecule has 0 bridgehead atoms. The fourth-order valence-electron chi connectivity index (χ4n) is 2.03. The van der Waals surface area contributed by atoms with Crippen molar-refractivity contribution < 1.29 is 8.78 Å². The molecule has 0 unspecified atom stereocenters. The standard InChI is InChI=1S/C14H16F2N2/c1-3-7-18(2)8-6-10-9-17-14-11(10)4-5-12(15)13(14)16/h3-5,9,17H,1,6-8H2,2H3. The van der Waals surface area contributed by atoms with Crippen LogP contribution < -0.4 is 0 Å². The Kier molecular flexibility index (Phi) is 3.77. The van der Waals surface area contributed by atoms with E-state index >= 15 is 0 Å². The summed E-state index contributed by atoms with van der Waals surface area (Å²) in [6.07, 6.45) is 4.37. The molecular formula is C14H16F2N2. The van der Waals surface area contributed by atoms with Gasteiger partial charge in [0.25, 0.3) is 0 Å². The molecule has 1 N–H and O–H groups in total. The average molecular weight is 250 g/mol.